The summed E-state index contributed by atoms with van der Waals surface area (Å²) in [5.41, 5.74) is 4.40. The van der Waals surface area contributed by atoms with Crippen LogP contribution in [-0.4, -0.2) is 26.9 Å². The lowest BCUT2D eigenvalue weighted by atomic mass is 10.0. The summed E-state index contributed by atoms with van der Waals surface area (Å²) in [5.74, 6) is -0.105. The van der Waals surface area contributed by atoms with Crippen LogP contribution in [0, 0.1) is 12.7 Å². The quantitative estimate of drug-likeness (QED) is 0.699. The molecule has 0 aliphatic carbocycles. The van der Waals surface area contributed by atoms with E-state index < -0.39 is 0 Å². The smallest absolute Gasteiger partial charge is 0.221 e. The first-order chi connectivity index (χ1) is 12.0. The molecular weight excluding hydrogens is 317 g/mol. The molecule has 0 saturated carbocycles. The SMILES string of the molecule is CC(=O)N1CCCC1n1ccc2ncc(-c3ccc(F)c(C)c3)cc21. The molecule has 1 fully saturated rings. The van der Waals surface area contributed by atoms with Gasteiger partial charge in [-0.3, -0.25) is 9.78 Å². The topological polar surface area (TPSA) is 38.1 Å². The number of rotatable bonds is 2. The summed E-state index contributed by atoms with van der Waals surface area (Å²) in [7, 11) is 0. The molecule has 1 aliphatic heterocycles. The molecule has 0 bridgehead atoms. The molecule has 4 nitrogen and oxygen atoms in total. The molecule has 0 radical (unpaired) electrons. The van der Waals surface area contributed by atoms with Gasteiger partial charge in [-0.05, 0) is 55.2 Å². The van der Waals surface area contributed by atoms with Gasteiger partial charge in [-0.2, -0.15) is 0 Å². The maximum absolute atomic E-state index is 13.5. The summed E-state index contributed by atoms with van der Waals surface area (Å²) < 4.78 is 15.7. The van der Waals surface area contributed by atoms with Gasteiger partial charge in [0.2, 0.25) is 5.91 Å². The van der Waals surface area contributed by atoms with E-state index in [0.717, 1.165) is 41.5 Å². The van der Waals surface area contributed by atoms with E-state index in [-0.39, 0.29) is 17.9 Å². The summed E-state index contributed by atoms with van der Waals surface area (Å²) in [6.45, 7) is 4.18. The number of fused-ring (bicyclic) bond motifs is 1. The Kier molecular flexibility index (Phi) is 3.79. The Morgan fingerprint density at radius 3 is 2.84 bits per heavy atom. The highest BCUT2D eigenvalue weighted by atomic mass is 19.1. The Hall–Kier alpha value is -2.69. The zero-order valence-electron chi connectivity index (χ0n) is 14.4. The van der Waals surface area contributed by atoms with Crippen molar-refractivity contribution < 1.29 is 9.18 Å². The average Bonchev–Trinajstić information content (AvgIpc) is 3.22. The minimum Gasteiger partial charge on any atom is -0.325 e. The van der Waals surface area contributed by atoms with Gasteiger partial charge in [-0.1, -0.05) is 6.07 Å². The Bertz CT molecular complexity index is 963. The number of hydrogen-bond acceptors (Lipinski definition) is 2. The van der Waals surface area contributed by atoms with Gasteiger partial charge in [0.25, 0.3) is 0 Å². The molecule has 1 saturated heterocycles. The second-order valence-electron chi connectivity index (χ2n) is 6.65. The van der Waals surface area contributed by atoms with E-state index in [2.05, 4.69) is 15.6 Å². The van der Waals surface area contributed by atoms with Gasteiger partial charge in [0.05, 0.1) is 11.0 Å². The number of nitrogens with zero attached hydrogens (tertiary/aromatic N) is 3. The second-order valence-corrected chi connectivity index (χ2v) is 6.65. The first-order valence-electron chi connectivity index (χ1n) is 8.55. The van der Waals surface area contributed by atoms with Crippen molar-refractivity contribution in [1.82, 2.24) is 14.5 Å². The summed E-state index contributed by atoms with van der Waals surface area (Å²) in [6.07, 6.45) is 5.82. The van der Waals surface area contributed by atoms with E-state index in [1.165, 1.54) is 6.07 Å². The van der Waals surface area contributed by atoms with Crippen molar-refractivity contribution in [3.8, 4) is 11.1 Å². The molecule has 0 spiro atoms. The van der Waals surface area contributed by atoms with E-state index in [9.17, 15) is 9.18 Å². The molecule has 1 aromatic carbocycles. The summed E-state index contributed by atoms with van der Waals surface area (Å²) in [5, 5.41) is 0. The summed E-state index contributed by atoms with van der Waals surface area (Å²) in [6, 6.07) is 9.15. The zero-order chi connectivity index (χ0) is 17.6. The maximum Gasteiger partial charge on any atom is 0.221 e. The van der Waals surface area contributed by atoms with Crippen molar-refractivity contribution in [2.75, 3.05) is 6.54 Å². The number of likely N-dealkylation sites (tertiary alicyclic amines) is 1. The minimum absolute atomic E-state index is 0.0435. The van der Waals surface area contributed by atoms with Crippen LogP contribution in [0.15, 0.2) is 42.7 Å². The number of carbonyl (C=O) groups excluding carboxylic acids is 1. The highest BCUT2D eigenvalue weighted by Gasteiger charge is 2.28. The lowest BCUT2D eigenvalue weighted by molar-refractivity contribution is -0.131. The van der Waals surface area contributed by atoms with Crippen molar-refractivity contribution in [2.24, 2.45) is 0 Å². The normalized spacial score (nSPS) is 17.4. The molecule has 1 aliphatic rings. The number of hydrogen-bond donors (Lipinski definition) is 0. The summed E-state index contributed by atoms with van der Waals surface area (Å²) in [4.78, 5) is 18.4. The fourth-order valence-electron chi connectivity index (χ4n) is 3.68. The van der Waals surface area contributed by atoms with Gasteiger partial charge in [-0.25, -0.2) is 4.39 Å². The maximum atomic E-state index is 13.5. The molecule has 5 heteroatoms. The zero-order valence-corrected chi connectivity index (χ0v) is 14.4. The highest BCUT2D eigenvalue weighted by Crippen LogP contribution is 2.32. The van der Waals surface area contributed by atoms with Gasteiger partial charge in [0.15, 0.2) is 0 Å². The van der Waals surface area contributed by atoms with Crippen LogP contribution in [0.25, 0.3) is 22.2 Å². The van der Waals surface area contributed by atoms with Crippen molar-refractivity contribution in [2.45, 2.75) is 32.9 Å². The van der Waals surface area contributed by atoms with Crippen LogP contribution in [0.5, 0.6) is 0 Å². The van der Waals surface area contributed by atoms with E-state index in [0.29, 0.717) is 5.56 Å². The predicted molar refractivity (Wildman–Crippen MR) is 95.5 cm³/mol. The second kappa shape index (κ2) is 5.99. The number of amides is 1. The van der Waals surface area contributed by atoms with Gasteiger partial charge < -0.3 is 9.47 Å². The van der Waals surface area contributed by atoms with Crippen LogP contribution in [0.1, 0.15) is 31.5 Å². The standard InChI is InChI=1S/C20H20FN3O/c1-13-10-15(5-6-17(13)21)16-11-19-18(22-12-16)7-9-24(19)20-4-3-8-23(20)14(2)25/h5-7,9-12,20H,3-4,8H2,1-2H3. The largest absolute Gasteiger partial charge is 0.325 e. The third-order valence-electron chi connectivity index (χ3n) is 5.01. The third kappa shape index (κ3) is 2.69. The number of aromatic nitrogens is 2. The number of pyridine rings is 1. The monoisotopic (exact) mass is 337 g/mol. The van der Waals surface area contributed by atoms with Crippen molar-refractivity contribution >= 4 is 16.9 Å². The van der Waals surface area contributed by atoms with Crippen LogP contribution in [-0.2, 0) is 4.79 Å². The molecule has 4 rings (SSSR count). The Labute approximate surface area is 145 Å². The highest BCUT2D eigenvalue weighted by molar-refractivity contribution is 5.82. The van der Waals surface area contributed by atoms with Gasteiger partial charge in [0, 0.05) is 31.4 Å². The molecule has 25 heavy (non-hydrogen) atoms. The van der Waals surface area contributed by atoms with Crippen molar-refractivity contribution in [3.05, 3.63) is 54.1 Å². The van der Waals surface area contributed by atoms with Gasteiger partial charge >= 0.3 is 0 Å². The Morgan fingerprint density at radius 1 is 1.24 bits per heavy atom. The van der Waals surface area contributed by atoms with Crippen molar-refractivity contribution in [1.29, 1.82) is 0 Å². The van der Waals surface area contributed by atoms with Crippen LogP contribution in [0.4, 0.5) is 4.39 Å². The Balaban J connectivity index is 1.80. The third-order valence-corrected chi connectivity index (χ3v) is 5.01. The predicted octanol–water partition coefficient (Wildman–Crippen LogP) is 4.29. The Morgan fingerprint density at radius 2 is 2.08 bits per heavy atom. The van der Waals surface area contributed by atoms with E-state index in [1.807, 2.05) is 29.4 Å². The molecule has 3 heterocycles. The molecule has 128 valence electrons. The van der Waals surface area contributed by atoms with Gasteiger partial charge in [-0.15, -0.1) is 0 Å². The number of benzene rings is 1. The van der Waals surface area contributed by atoms with E-state index in [1.54, 1.807) is 19.9 Å². The summed E-state index contributed by atoms with van der Waals surface area (Å²) >= 11 is 0. The molecule has 1 amide bonds. The average molecular weight is 337 g/mol. The van der Waals surface area contributed by atoms with Crippen LogP contribution in [0.3, 0.4) is 0 Å². The van der Waals surface area contributed by atoms with E-state index >= 15 is 0 Å². The van der Waals surface area contributed by atoms with Crippen LogP contribution >= 0.6 is 0 Å². The first-order valence-corrected chi connectivity index (χ1v) is 8.55. The molecule has 1 atom stereocenters. The lowest BCUT2D eigenvalue weighted by Crippen LogP contribution is -2.31. The van der Waals surface area contributed by atoms with Crippen LogP contribution in [0.2, 0.25) is 0 Å². The number of carbonyl (C=O) groups is 1. The molecule has 1 unspecified atom stereocenters. The molecule has 2 aromatic heterocycles. The minimum atomic E-state index is -0.204. The van der Waals surface area contributed by atoms with Gasteiger partial charge in [0.1, 0.15) is 12.0 Å². The number of aryl methyl sites for hydroxylation is 1. The fourth-order valence-corrected chi connectivity index (χ4v) is 3.68. The van der Waals surface area contributed by atoms with Crippen LogP contribution < -0.4 is 0 Å². The van der Waals surface area contributed by atoms with E-state index in [4.69, 9.17) is 0 Å². The fraction of sp³-hybridized carbons (Fsp3) is 0.300. The molecule has 0 N–H and O–H groups in total. The van der Waals surface area contributed by atoms with Crippen molar-refractivity contribution in [3.63, 3.8) is 0 Å². The first kappa shape index (κ1) is 15.8. The lowest BCUT2D eigenvalue weighted by Gasteiger charge is -2.25. The molecular formula is C20H20FN3O. The molecule has 3 aromatic rings. The number of halogens is 1.